The number of hydrogen-bond acceptors (Lipinski definition) is 3. The smallest absolute Gasteiger partial charge is 0.112 e. The van der Waals surface area contributed by atoms with Crippen LogP contribution in [0.1, 0.15) is 78.1 Å². The van der Waals surface area contributed by atoms with E-state index in [-0.39, 0.29) is 5.41 Å². The molecule has 0 aromatic rings. The van der Waals surface area contributed by atoms with Gasteiger partial charge in [0.15, 0.2) is 0 Å². The van der Waals surface area contributed by atoms with Crippen LogP contribution >= 0.6 is 0 Å². The van der Waals surface area contributed by atoms with Crippen molar-refractivity contribution in [2.75, 3.05) is 0 Å². The van der Waals surface area contributed by atoms with E-state index >= 15 is 0 Å². The lowest BCUT2D eigenvalue weighted by atomic mass is 9.43. The van der Waals surface area contributed by atoms with Gasteiger partial charge in [-0.2, -0.15) is 0 Å². The van der Waals surface area contributed by atoms with Gasteiger partial charge in [-0.05, 0) is 68.1 Å². The standard InChI is InChI=1S/C19H31NO2/c1-17-8-5-6-14(17)13-12-16(20-22)19(21)10-4-3-9-18(19,2)15(13)7-11-17/h13-15,21-22H,3-12H2,1-2H3/b20-16+/t13-,14-,15-,17-,18+,19-/m0/s1. The molecule has 0 amide bonds. The van der Waals surface area contributed by atoms with Gasteiger partial charge in [0.2, 0.25) is 0 Å². The van der Waals surface area contributed by atoms with Crippen molar-refractivity contribution in [3.05, 3.63) is 0 Å². The van der Waals surface area contributed by atoms with Gasteiger partial charge in [-0.15, -0.1) is 0 Å². The Bertz CT molecular complexity index is 504. The molecule has 4 aliphatic carbocycles. The summed E-state index contributed by atoms with van der Waals surface area (Å²) in [4.78, 5) is 0. The summed E-state index contributed by atoms with van der Waals surface area (Å²) in [6.45, 7) is 4.78. The fourth-order valence-electron chi connectivity index (χ4n) is 7.20. The molecular formula is C19H31NO2. The van der Waals surface area contributed by atoms with Crippen LogP contribution in [0.15, 0.2) is 5.16 Å². The van der Waals surface area contributed by atoms with Crippen molar-refractivity contribution in [1.29, 1.82) is 0 Å². The Kier molecular flexibility index (Phi) is 3.21. The highest BCUT2D eigenvalue weighted by Crippen LogP contribution is 2.66. The van der Waals surface area contributed by atoms with Crippen LogP contribution in [0.3, 0.4) is 0 Å². The molecule has 0 saturated heterocycles. The first-order chi connectivity index (χ1) is 10.4. The van der Waals surface area contributed by atoms with Crippen LogP contribution in [0.5, 0.6) is 0 Å². The first-order valence-electron chi connectivity index (χ1n) is 9.38. The lowest BCUT2D eigenvalue weighted by molar-refractivity contribution is -0.147. The molecule has 0 aromatic carbocycles. The predicted molar refractivity (Wildman–Crippen MR) is 87.0 cm³/mol. The van der Waals surface area contributed by atoms with E-state index in [1.807, 2.05) is 0 Å². The van der Waals surface area contributed by atoms with Crippen LogP contribution in [-0.4, -0.2) is 21.6 Å². The van der Waals surface area contributed by atoms with Crippen LogP contribution in [0.4, 0.5) is 0 Å². The summed E-state index contributed by atoms with van der Waals surface area (Å²) in [5.74, 6) is 2.00. The molecule has 4 rings (SSSR count). The number of aliphatic hydroxyl groups is 1. The van der Waals surface area contributed by atoms with E-state index in [4.69, 9.17) is 0 Å². The first-order valence-corrected chi connectivity index (χ1v) is 9.38. The third-order valence-electron chi connectivity index (χ3n) is 8.49. The quantitative estimate of drug-likeness (QED) is 0.516. The highest BCUT2D eigenvalue weighted by Gasteiger charge is 2.64. The number of fused-ring (bicyclic) bond motifs is 5. The Morgan fingerprint density at radius 2 is 1.73 bits per heavy atom. The van der Waals surface area contributed by atoms with Crippen molar-refractivity contribution < 1.29 is 10.3 Å². The minimum Gasteiger partial charge on any atom is -0.411 e. The molecule has 3 heteroatoms. The molecule has 22 heavy (non-hydrogen) atoms. The monoisotopic (exact) mass is 305 g/mol. The van der Waals surface area contributed by atoms with Gasteiger partial charge in [-0.3, -0.25) is 0 Å². The average molecular weight is 305 g/mol. The van der Waals surface area contributed by atoms with Crippen molar-refractivity contribution >= 4 is 5.71 Å². The molecule has 6 atom stereocenters. The van der Waals surface area contributed by atoms with E-state index in [0.717, 1.165) is 31.6 Å². The molecule has 3 nitrogen and oxygen atoms in total. The van der Waals surface area contributed by atoms with Crippen LogP contribution in [0, 0.1) is 28.6 Å². The third-order valence-corrected chi connectivity index (χ3v) is 8.49. The molecule has 4 aliphatic rings. The molecule has 0 spiro atoms. The lowest BCUT2D eigenvalue weighted by Gasteiger charge is -2.62. The van der Waals surface area contributed by atoms with Crippen LogP contribution in [-0.2, 0) is 0 Å². The van der Waals surface area contributed by atoms with Gasteiger partial charge in [0.1, 0.15) is 5.60 Å². The maximum absolute atomic E-state index is 11.5. The number of rotatable bonds is 0. The van der Waals surface area contributed by atoms with Gasteiger partial charge in [-0.1, -0.05) is 38.3 Å². The van der Waals surface area contributed by atoms with E-state index in [2.05, 4.69) is 19.0 Å². The van der Waals surface area contributed by atoms with E-state index in [1.54, 1.807) is 0 Å². The molecule has 0 aliphatic heterocycles. The summed E-state index contributed by atoms with van der Waals surface area (Å²) in [6, 6.07) is 0. The fraction of sp³-hybridized carbons (Fsp3) is 0.947. The Morgan fingerprint density at radius 1 is 0.955 bits per heavy atom. The van der Waals surface area contributed by atoms with Gasteiger partial charge >= 0.3 is 0 Å². The molecule has 0 aromatic heterocycles. The van der Waals surface area contributed by atoms with Gasteiger partial charge in [0.05, 0.1) is 5.71 Å². The van der Waals surface area contributed by atoms with Gasteiger partial charge in [0, 0.05) is 5.41 Å². The molecule has 4 fully saturated rings. The zero-order valence-electron chi connectivity index (χ0n) is 14.1. The normalized spacial score (nSPS) is 56.3. The van der Waals surface area contributed by atoms with Crippen LogP contribution in [0.2, 0.25) is 0 Å². The number of oxime groups is 1. The van der Waals surface area contributed by atoms with Gasteiger partial charge < -0.3 is 10.3 Å². The molecule has 0 radical (unpaired) electrons. The molecule has 0 bridgehead atoms. The highest BCUT2D eigenvalue weighted by molar-refractivity contribution is 5.94. The number of nitrogens with zero attached hydrogens (tertiary/aromatic N) is 1. The van der Waals surface area contributed by atoms with E-state index in [0.29, 0.717) is 23.0 Å². The Balaban J connectivity index is 1.77. The Hall–Kier alpha value is -0.570. The summed E-state index contributed by atoms with van der Waals surface area (Å²) in [5.41, 5.74) is 0.266. The first kappa shape index (κ1) is 15.0. The lowest BCUT2D eigenvalue weighted by Crippen LogP contribution is -2.65. The molecular weight excluding hydrogens is 274 g/mol. The largest absolute Gasteiger partial charge is 0.411 e. The van der Waals surface area contributed by atoms with E-state index in [9.17, 15) is 10.3 Å². The highest BCUT2D eigenvalue weighted by atomic mass is 16.4. The third kappa shape index (κ3) is 1.69. The molecule has 0 heterocycles. The maximum atomic E-state index is 11.5. The van der Waals surface area contributed by atoms with Crippen molar-refractivity contribution in [3.8, 4) is 0 Å². The van der Waals surface area contributed by atoms with Gasteiger partial charge in [0.25, 0.3) is 0 Å². The van der Waals surface area contributed by atoms with Crippen molar-refractivity contribution in [3.63, 3.8) is 0 Å². The van der Waals surface area contributed by atoms with E-state index in [1.165, 1.54) is 38.5 Å². The SMILES string of the molecule is C[C@@]12CCC[C@H]1[C@@H]1C/C(=N\O)[C@@]3(O)CCCC[C@]3(C)[C@H]1CC2. The van der Waals surface area contributed by atoms with Crippen molar-refractivity contribution in [2.24, 2.45) is 33.7 Å². The molecule has 124 valence electrons. The number of hydrogen-bond donors (Lipinski definition) is 2. The minimum atomic E-state index is -0.854. The summed E-state index contributed by atoms with van der Waals surface area (Å²) >= 11 is 0. The zero-order valence-corrected chi connectivity index (χ0v) is 14.1. The summed E-state index contributed by atoms with van der Waals surface area (Å²) in [5, 5.41) is 24.7. The van der Waals surface area contributed by atoms with Crippen molar-refractivity contribution in [1.82, 2.24) is 0 Å². The maximum Gasteiger partial charge on any atom is 0.112 e. The van der Waals surface area contributed by atoms with Crippen molar-refractivity contribution in [2.45, 2.75) is 83.7 Å². The Labute approximate surface area is 134 Å². The molecule has 0 unspecified atom stereocenters. The van der Waals surface area contributed by atoms with Gasteiger partial charge in [-0.25, -0.2) is 0 Å². The molecule has 2 N–H and O–H groups in total. The topological polar surface area (TPSA) is 52.8 Å². The van der Waals surface area contributed by atoms with Crippen LogP contribution < -0.4 is 0 Å². The summed E-state index contributed by atoms with van der Waals surface area (Å²) in [6.07, 6.45) is 11.6. The predicted octanol–water partition coefficient (Wildman–Crippen LogP) is 4.36. The Morgan fingerprint density at radius 3 is 2.50 bits per heavy atom. The average Bonchev–Trinajstić information content (AvgIpc) is 2.89. The summed E-state index contributed by atoms with van der Waals surface area (Å²) < 4.78 is 0. The second-order valence-corrected chi connectivity index (χ2v) is 9.20. The second-order valence-electron chi connectivity index (χ2n) is 9.20. The second kappa shape index (κ2) is 4.72. The van der Waals surface area contributed by atoms with Crippen LogP contribution in [0.25, 0.3) is 0 Å². The zero-order chi connectivity index (χ0) is 15.6. The fourth-order valence-corrected chi connectivity index (χ4v) is 7.20. The summed E-state index contributed by atoms with van der Waals surface area (Å²) in [7, 11) is 0. The minimum absolute atomic E-state index is 0.0837. The van der Waals surface area contributed by atoms with E-state index < -0.39 is 5.60 Å². The molecule has 4 saturated carbocycles.